The number of aliphatic hydroxyl groups is 1. The van der Waals surface area contributed by atoms with E-state index < -0.39 is 10.8 Å². The van der Waals surface area contributed by atoms with Gasteiger partial charge in [-0.15, -0.1) is 0 Å². The number of hydrogen-bond donors (Lipinski definition) is 2. The smallest absolute Gasteiger partial charge is 0.292 e. The van der Waals surface area contributed by atoms with Crippen LogP contribution >= 0.6 is 0 Å². The number of carbonyl (C=O) groups excluding carboxylic acids is 1. The number of anilines is 1. The lowest BCUT2D eigenvalue weighted by atomic mass is 10.1. The van der Waals surface area contributed by atoms with Crippen molar-refractivity contribution in [2.45, 2.75) is 19.3 Å². The van der Waals surface area contributed by atoms with E-state index in [2.05, 4.69) is 0 Å². The fourth-order valence-electron chi connectivity index (χ4n) is 1.89. The molecule has 0 unspecified atom stereocenters. The van der Waals surface area contributed by atoms with Gasteiger partial charge in [-0.05, 0) is 31.4 Å². The second kappa shape index (κ2) is 7.44. The molecular formula is C13H19N3O4. The van der Waals surface area contributed by atoms with Crippen LogP contribution in [0.2, 0.25) is 0 Å². The topological polar surface area (TPSA) is 110 Å². The van der Waals surface area contributed by atoms with Crippen molar-refractivity contribution < 1.29 is 14.8 Å². The van der Waals surface area contributed by atoms with Gasteiger partial charge in [-0.25, -0.2) is 0 Å². The molecule has 1 aromatic carbocycles. The molecule has 0 saturated heterocycles. The van der Waals surface area contributed by atoms with E-state index in [-0.39, 0.29) is 17.9 Å². The van der Waals surface area contributed by atoms with Gasteiger partial charge in [0.2, 0.25) is 5.91 Å². The summed E-state index contributed by atoms with van der Waals surface area (Å²) >= 11 is 0. The first-order valence-corrected chi connectivity index (χ1v) is 6.37. The van der Waals surface area contributed by atoms with Crippen LogP contribution in [0, 0.1) is 10.1 Å². The highest BCUT2D eigenvalue weighted by molar-refractivity contribution is 5.94. The quantitative estimate of drug-likeness (QED) is 0.424. The fraction of sp³-hybridized carbons (Fsp3) is 0.462. The molecule has 0 aliphatic rings. The minimum Gasteiger partial charge on any atom is -0.396 e. The van der Waals surface area contributed by atoms with Crippen LogP contribution in [0.1, 0.15) is 29.6 Å². The number of hydrogen-bond acceptors (Lipinski definition) is 5. The molecule has 7 heteroatoms. The van der Waals surface area contributed by atoms with E-state index in [1.165, 1.54) is 18.2 Å². The van der Waals surface area contributed by atoms with Crippen molar-refractivity contribution in [1.29, 1.82) is 0 Å². The first kappa shape index (κ1) is 15.9. The first-order chi connectivity index (χ1) is 9.47. The Balaban J connectivity index is 2.91. The Labute approximate surface area is 117 Å². The zero-order valence-corrected chi connectivity index (χ0v) is 11.4. The Bertz CT molecular complexity index is 491. The monoisotopic (exact) mass is 281 g/mol. The van der Waals surface area contributed by atoms with Gasteiger partial charge in [0.05, 0.1) is 4.92 Å². The summed E-state index contributed by atoms with van der Waals surface area (Å²) in [4.78, 5) is 23.4. The zero-order chi connectivity index (χ0) is 15.1. The normalized spacial score (nSPS) is 10.3. The number of aliphatic hydroxyl groups excluding tert-OH is 1. The number of nitro groups is 1. The Morgan fingerprint density at radius 2 is 2.10 bits per heavy atom. The maximum atomic E-state index is 11.2. The Kier molecular flexibility index (Phi) is 5.92. The molecule has 0 aromatic heterocycles. The van der Waals surface area contributed by atoms with Crippen LogP contribution in [0.4, 0.5) is 11.4 Å². The van der Waals surface area contributed by atoms with Crippen molar-refractivity contribution in [2.24, 2.45) is 5.73 Å². The van der Waals surface area contributed by atoms with Gasteiger partial charge in [-0.1, -0.05) is 0 Å². The molecular weight excluding hydrogens is 262 g/mol. The predicted octanol–water partition coefficient (Wildman–Crippen LogP) is 1.29. The number of amides is 1. The summed E-state index contributed by atoms with van der Waals surface area (Å²) in [6.45, 7) is 0.740. The molecule has 1 rings (SSSR count). The average Bonchev–Trinajstić information content (AvgIpc) is 2.42. The van der Waals surface area contributed by atoms with E-state index >= 15 is 0 Å². The number of nitrogens with zero attached hydrogens (tertiary/aromatic N) is 2. The number of benzene rings is 1. The fourth-order valence-corrected chi connectivity index (χ4v) is 1.89. The van der Waals surface area contributed by atoms with E-state index in [9.17, 15) is 14.9 Å². The third-order valence-electron chi connectivity index (χ3n) is 3.02. The number of nitrogens with two attached hydrogens (primary N) is 1. The van der Waals surface area contributed by atoms with Crippen molar-refractivity contribution in [3.05, 3.63) is 33.9 Å². The highest BCUT2D eigenvalue weighted by Crippen LogP contribution is 2.28. The second-order valence-electron chi connectivity index (χ2n) is 4.53. The van der Waals surface area contributed by atoms with Gasteiger partial charge in [0.15, 0.2) is 0 Å². The highest BCUT2D eigenvalue weighted by atomic mass is 16.6. The molecule has 0 aliphatic heterocycles. The van der Waals surface area contributed by atoms with Gasteiger partial charge in [-0.2, -0.15) is 0 Å². The van der Waals surface area contributed by atoms with Crippen LogP contribution in [-0.4, -0.2) is 36.1 Å². The number of carbonyl (C=O) groups is 1. The maximum absolute atomic E-state index is 11.2. The van der Waals surface area contributed by atoms with Crippen molar-refractivity contribution >= 4 is 17.3 Å². The van der Waals surface area contributed by atoms with Gasteiger partial charge in [0.1, 0.15) is 5.69 Å². The third-order valence-corrected chi connectivity index (χ3v) is 3.02. The lowest BCUT2D eigenvalue weighted by Gasteiger charge is -2.19. The Hall–Kier alpha value is -2.15. The molecule has 0 heterocycles. The van der Waals surface area contributed by atoms with Gasteiger partial charge in [0.25, 0.3) is 5.69 Å². The lowest BCUT2D eigenvalue weighted by molar-refractivity contribution is -0.384. The molecule has 3 N–H and O–H groups in total. The first-order valence-electron chi connectivity index (χ1n) is 6.37. The standard InChI is InChI=1S/C13H19N3O4/c1-15(7-3-2-4-8-17)12-9-10(13(14)18)5-6-11(12)16(19)20/h5-6,9,17H,2-4,7-8H2,1H3,(H2,14,18). The number of unbranched alkanes of at least 4 members (excludes halogenated alkanes) is 2. The van der Waals surface area contributed by atoms with Crippen LogP contribution < -0.4 is 10.6 Å². The molecule has 0 fully saturated rings. The van der Waals surface area contributed by atoms with Crippen LogP contribution in [0.15, 0.2) is 18.2 Å². The summed E-state index contributed by atoms with van der Waals surface area (Å²) in [5, 5.41) is 19.7. The summed E-state index contributed by atoms with van der Waals surface area (Å²) in [6.07, 6.45) is 2.34. The van der Waals surface area contributed by atoms with E-state index in [0.717, 1.165) is 12.8 Å². The van der Waals surface area contributed by atoms with Crippen molar-refractivity contribution in [3.63, 3.8) is 0 Å². The van der Waals surface area contributed by atoms with Gasteiger partial charge in [-0.3, -0.25) is 14.9 Å². The molecule has 0 atom stereocenters. The molecule has 0 aliphatic carbocycles. The molecule has 0 spiro atoms. The second-order valence-corrected chi connectivity index (χ2v) is 4.53. The third kappa shape index (κ3) is 4.20. The molecule has 110 valence electrons. The molecule has 0 bridgehead atoms. The minimum atomic E-state index is -0.616. The van der Waals surface area contributed by atoms with Gasteiger partial charge < -0.3 is 15.7 Å². The van der Waals surface area contributed by atoms with Crippen molar-refractivity contribution in [3.8, 4) is 0 Å². The van der Waals surface area contributed by atoms with E-state index in [1.54, 1.807) is 11.9 Å². The van der Waals surface area contributed by atoms with Crippen molar-refractivity contribution in [1.82, 2.24) is 0 Å². The number of rotatable bonds is 8. The van der Waals surface area contributed by atoms with Crippen LogP contribution in [-0.2, 0) is 0 Å². The summed E-state index contributed by atoms with van der Waals surface area (Å²) in [7, 11) is 1.73. The minimum absolute atomic E-state index is 0.0559. The highest BCUT2D eigenvalue weighted by Gasteiger charge is 2.18. The predicted molar refractivity (Wildman–Crippen MR) is 75.8 cm³/mol. The van der Waals surface area contributed by atoms with E-state index in [0.29, 0.717) is 18.7 Å². The molecule has 7 nitrogen and oxygen atoms in total. The zero-order valence-electron chi connectivity index (χ0n) is 11.4. The van der Waals surface area contributed by atoms with Crippen LogP contribution in [0.5, 0.6) is 0 Å². The maximum Gasteiger partial charge on any atom is 0.292 e. The average molecular weight is 281 g/mol. The molecule has 1 amide bonds. The van der Waals surface area contributed by atoms with E-state index in [1.807, 2.05) is 0 Å². The Morgan fingerprint density at radius 1 is 1.40 bits per heavy atom. The molecule has 0 saturated carbocycles. The Morgan fingerprint density at radius 3 is 2.65 bits per heavy atom. The van der Waals surface area contributed by atoms with Crippen molar-refractivity contribution in [2.75, 3.05) is 25.1 Å². The van der Waals surface area contributed by atoms with Crippen LogP contribution in [0.25, 0.3) is 0 Å². The molecule has 20 heavy (non-hydrogen) atoms. The van der Waals surface area contributed by atoms with Crippen LogP contribution in [0.3, 0.4) is 0 Å². The lowest BCUT2D eigenvalue weighted by Crippen LogP contribution is -2.21. The molecule has 1 aromatic rings. The summed E-state index contributed by atoms with van der Waals surface area (Å²) in [6, 6.07) is 4.08. The summed E-state index contributed by atoms with van der Waals surface area (Å²) in [5.74, 6) is -0.616. The largest absolute Gasteiger partial charge is 0.396 e. The molecule has 0 radical (unpaired) electrons. The van der Waals surface area contributed by atoms with Gasteiger partial charge >= 0.3 is 0 Å². The number of primary amides is 1. The number of nitro benzene ring substituents is 1. The summed E-state index contributed by atoms with van der Waals surface area (Å²) < 4.78 is 0. The van der Waals surface area contributed by atoms with E-state index in [4.69, 9.17) is 10.8 Å². The van der Waals surface area contributed by atoms with Gasteiger partial charge in [0, 0.05) is 31.8 Å². The summed E-state index contributed by atoms with van der Waals surface area (Å²) in [5.41, 5.74) is 5.75. The SMILES string of the molecule is CN(CCCCCO)c1cc(C(N)=O)ccc1[N+](=O)[O-].